The van der Waals surface area contributed by atoms with Gasteiger partial charge in [0.15, 0.2) is 0 Å². The van der Waals surface area contributed by atoms with Crippen LogP contribution in [0.1, 0.15) is 10.4 Å². The van der Waals surface area contributed by atoms with Gasteiger partial charge in [0.25, 0.3) is 0 Å². The molecule has 2 rings (SSSR count). The van der Waals surface area contributed by atoms with Crippen molar-refractivity contribution in [2.75, 3.05) is 0 Å². The van der Waals surface area contributed by atoms with E-state index >= 15 is 0 Å². The van der Waals surface area contributed by atoms with Gasteiger partial charge in [-0.3, -0.25) is 5.10 Å². The van der Waals surface area contributed by atoms with Crippen molar-refractivity contribution in [3.8, 4) is 11.1 Å². The number of benzene rings is 1. The van der Waals surface area contributed by atoms with Crippen LogP contribution in [-0.2, 0) is 0 Å². The van der Waals surface area contributed by atoms with E-state index in [1.54, 1.807) is 0 Å². The van der Waals surface area contributed by atoms with E-state index < -0.39 is 11.9 Å². The van der Waals surface area contributed by atoms with Crippen LogP contribution in [0.4, 0.5) is 4.39 Å². The lowest BCUT2D eigenvalue weighted by atomic mass is 10.1. The number of hydrogen-bond acceptors (Lipinski definition) is 2. The standard InChI is InChI=1S/C10H6ClFN2O2/c11-8-5(7-4-13-14-9(7)12)2-1-3-6(8)10(15)16/h1-4H,(H,13,14)(H,15,16). The number of aromatic nitrogens is 2. The summed E-state index contributed by atoms with van der Waals surface area (Å²) in [6.45, 7) is 0. The van der Waals surface area contributed by atoms with E-state index in [0.29, 0.717) is 5.56 Å². The summed E-state index contributed by atoms with van der Waals surface area (Å²) in [7, 11) is 0. The first-order valence-corrected chi connectivity index (χ1v) is 4.70. The molecule has 4 nitrogen and oxygen atoms in total. The lowest BCUT2D eigenvalue weighted by Gasteiger charge is -2.04. The number of carboxylic acid groups (broad SMARTS) is 1. The molecule has 16 heavy (non-hydrogen) atoms. The van der Waals surface area contributed by atoms with Crippen LogP contribution >= 0.6 is 11.6 Å². The lowest BCUT2D eigenvalue weighted by Crippen LogP contribution is -1.98. The van der Waals surface area contributed by atoms with Gasteiger partial charge in [-0.05, 0) is 6.07 Å². The molecule has 0 fully saturated rings. The molecule has 0 saturated heterocycles. The molecule has 0 atom stereocenters. The monoisotopic (exact) mass is 240 g/mol. The molecule has 0 aliphatic heterocycles. The molecule has 0 radical (unpaired) electrons. The fraction of sp³-hybridized carbons (Fsp3) is 0. The summed E-state index contributed by atoms with van der Waals surface area (Å²) in [5, 5.41) is 14.5. The molecular weight excluding hydrogens is 235 g/mol. The van der Waals surface area contributed by atoms with Crippen LogP contribution in [0.25, 0.3) is 11.1 Å². The number of hydrogen-bond donors (Lipinski definition) is 2. The van der Waals surface area contributed by atoms with E-state index in [-0.39, 0.29) is 16.1 Å². The zero-order valence-electron chi connectivity index (χ0n) is 7.87. The van der Waals surface area contributed by atoms with Gasteiger partial charge < -0.3 is 5.11 Å². The van der Waals surface area contributed by atoms with Crippen molar-refractivity contribution in [2.45, 2.75) is 0 Å². The maximum atomic E-state index is 13.2. The van der Waals surface area contributed by atoms with Gasteiger partial charge in [-0.2, -0.15) is 4.39 Å². The number of carbonyl (C=O) groups is 1. The molecule has 0 bridgehead atoms. The Morgan fingerprint density at radius 3 is 2.75 bits per heavy atom. The molecule has 6 heteroatoms. The second kappa shape index (κ2) is 3.94. The van der Waals surface area contributed by atoms with Crippen molar-refractivity contribution in [3.63, 3.8) is 0 Å². The Balaban J connectivity index is 2.63. The van der Waals surface area contributed by atoms with Crippen molar-refractivity contribution >= 4 is 17.6 Å². The van der Waals surface area contributed by atoms with Gasteiger partial charge in [-0.25, -0.2) is 4.79 Å². The molecule has 0 aliphatic carbocycles. The highest BCUT2D eigenvalue weighted by molar-refractivity contribution is 6.36. The fourth-order valence-corrected chi connectivity index (χ4v) is 1.68. The minimum Gasteiger partial charge on any atom is -0.478 e. The van der Waals surface area contributed by atoms with Crippen LogP contribution < -0.4 is 0 Å². The zero-order valence-corrected chi connectivity index (χ0v) is 8.62. The van der Waals surface area contributed by atoms with Gasteiger partial charge in [0, 0.05) is 11.8 Å². The summed E-state index contributed by atoms with van der Waals surface area (Å²) in [6, 6.07) is 4.38. The first-order valence-electron chi connectivity index (χ1n) is 4.32. The summed E-state index contributed by atoms with van der Waals surface area (Å²) >= 11 is 5.88. The van der Waals surface area contributed by atoms with Crippen molar-refractivity contribution < 1.29 is 14.3 Å². The van der Waals surface area contributed by atoms with Gasteiger partial charge in [0.2, 0.25) is 5.95 Å². The van der Waals surface area contributed by atoms with E-state index in [2.05, 4.69) is 10.2 Å². The molecule has 0 aliphatic rings. The molecule has 0 spiro atoms. The third kappa shape index (κ3) is 1.65. The first kappa shape index (κ1) is 10.6. The Labute approximate surface area is 94.7 Å². The Kier molecular flexibility index (Phi) is 2.62. The molecule has 2 N–H and O–H groups in total. The quantitative estimate of drug-likeness (QED) is 0.848. The van der Waals surface area contributed by atoms with Crippen LogP contribution in [0.5, 0.6) is 0 Å². The van der Waals surface area contributed by atoms with Gasteiger partial charge in [0.1, 0.15) is 0 Å². The second-order valence-corrected chi connectivity index (χ2v) is 3.44. The van der Waals surface area contributed by atoms with Crippen molar-refractivity contribution in [3.05, 3.63) is 40.9 Å². The third-order valence-corrected chi connectivity index (χ3v) is 2.52. The van der Waals surface area contributed by atoms with E-state index in [4.69, 9.17) is 16.7 Å². The maximum Gasteiger partial charge on any atom is 0.337 e. The number of nitrogens with one attached hydrogen (secondary N) is 1. The summed E-state index contributed by atoms with van der Waals surface area (Å²) in [4.78, 5) is 10.8. The molecule has 1 heterocycles. The molecule has 1 aromatic carbocycles. The smallest absolute Gasteiger partial charge is 0.337 e. The minimum absolute atomic E-state index is 0.00435. The Hall–Kier alpha value is -1.88. The molecular formula is C10H6ClFN2O2. The van der Waals surface area contributed by atoms with E-state index in [9.17, 15) is 9.18 Å². The Morgan fingerprint density at radius 2 is 2.19 bits per heavy atom. The van der Waals surface area contributed by atoms with Crippen molar-refractivity contribution in [2.24, 2.45) is 0 Å². The number of nitrogens with zero attached hydrogens (tertiary/aromatic N) is 1. The number of H-pyrrole nitrogens is 1. The largest absolute Gasteiger partial charge is 0.478 e. The van der Waals surface area contributed by atoms with E-state index in [0.717, 1.165) is 0 Å². The number of aromatic amines is 1. The normalized spacial score (nSPS) is 10.4. The van der Waals surface area contributed by atoms with Crippen LogP contribution in [0, 0.1) is 5.95 Å². The first-order chi connectivity index (χ1) is 7.61. The van der Waals surface area contributed by atoms with Crippen LogP contribution in [-0.4, -0.2) is 21.3 Å². The maximum absolute atomic E-state index is 13.2. The van der Waals surface area contributed by atoms with Crippen LogP contribution in [0.3, 0.4) is 0 Å². The summed E-state index contributed by atoms with van der Waals surface area (Å²) in [5.74, 6) is -1.87. The van der Waals surface area contributed by atoms with Crippen molar-refractivity contribution in [1.29, 1.82) is 0 Å². The minimum atomic E-state index is -1.16. The highest BCUT2D eigenvalue weighted by Crippen LogP contribution is 2.31. The lowest BCUT2D eigenvalue weighted by molar-refractivity contribution is 0.0697. The summed E-state index contributed by atoms with van der Waals surface area (Å²) in [6.07, 6.45) is 1.32. The SMILES string of the molecule is O=C(O)c1cccc(-c2c[nH]nc2F)c1Cl. The average Bonchev–Trinajstić information content (AvgIpc) is 2.64. The summed E-state index contributed by atoms with van der Waals surface area (Å²) < 4.78 is 13.2. The van der Waals surface area contributed by atoms with Gasteiger partial charge in [-0.1, -0.05) is 23.7 Å². The summed E-state index contributed by atoms with van der Waals surface area (Å²) in [5.41, 5.74) is 0.376. The van der Waals surface area contributed by atoms with Crippen LogP contribution in [0.2, 0.25) is 5.02 Å². The zero-order chi connectivity index (χ0) is 11.7. The Bertz CT molecular complexity index is 554. The third-order valence-electron chi connectivity index (χ3n) is 2.11. The predicted octanol–water partition coefficient (Wildman–Crippen LogP) is 2.57. The highest BCUT2D eigenvalue weighted by Gasteiger charge is 2.16. The highest BCUT2D eigenvalue weighted by atomic mass is 35.5. The van der Waals surface area contributed by atoms with E-state index in [1.807, 2.05) is 0 Å². The molecule has 2 aromatic rings. The molecule has 1 aromatic heterocycles. The molecule has 0 saturated carbocycles. The van der Waals surface area contributed by atoms with Gasteiger partial charge >= 0.3 is 5.97 Å². The fourth-order valence-electron chi connectivity index (χ4n) is 1.37. The molecule has 82 valence electrons. The molecule has 0 amide bonds. The number of carboxylic acids is 1. The second-order valence-electron chi connectivity index (χ2n) is 3.06. The number of rotatable bonds is 2. The van der Waals surface area contributed by atoms with Gasteiger partial charge in [0.05, 0.1) is 16.1 Å². The van der Waals surface area contributed by atoms with Crippen LogP contribution in [0.15, 0.2) is 24.4 Å². The average molecular weight is 241 g/mol. The topological polar surface area (TPSA) is 66.0 Å². The number of halogens is 2. The number of aromatic carboxylic acids is 1. The van der Waals surface area contributed by atoms with E-state index in [1.165, 1.54) is 24.4 Å². The predicted molar refractivity (Wildman–Crippen MR) is 56.0 cm³/mol. The van der Waals surface area contributed by atoms with Gasteiger partial charge in [-0.15, -0.1) is 5.10 Å². The molecule has 0 unspecified atom stereocenters. The van der Waals surface area contributed by atoms with Crippen molar-refractivity contribution in [1.82, 2.24) is 10.2 Å². The Morgan fingerprint density at radius 1 is 1.44 bits per heavy atom.